The van der Waals surface area contributed by atoms with Gasteiger partial charge in [0.25, 0.3) is 0 Å². The molecule has 0 spiro atoms. The maximum Gasteiger partial charge on any atom is 0.0200 e. The number of nitrogens with zero attached hydrogens (tertiary/aromatic N) is 1. The molecule has 0 aromatic carbocycles. The number of hydrogen-bond donors (Lipinski definition) is 1. The molecule has 0 rings (SSSR count). The monoisotopic (exact) mass is 98.1 g/mol. The molecular formula is C5H10N2. The molecule has 0 bridgehead atoms. The van der Waals surface area contributed by atoms with Crippen molar-refractivity contribution < 1.29 is 0 Å². The highest BCUT2D eigenvalue weighted by atomic mass is 15.5. The Kier molecular flexibility index (Phi) is 3.17. The minimum absolute atomic E-state index is 1.79. The maximum atomic E-state index is 2.77. The van der Waals surface area contributed by atoms with E-state index in [-0.39, 0.29) is 0 Å². The van der Waals surface area contributed by atoms with Crippen LogP contribution in [-0.4, -0.2) is 19.1 Å². The second-order valence-electron chi connectivity index (χ2n) is 1.38. The van der Waals surface area contributed by atoms with Crippen molar-refractivity contribution in [2.75, 3.05) is 14.1 Å². The Hall–Kier alpha value is -0.680. The lowest BCUT2D eigenvalue weighted by Crippen LogP contribution is -2.25. The molecule has 0 amide bonds. The lowest BCUT2D eigenvalue weighted by Gasteiger charge is -2.03. The number of nitrogens with one attached hydrogen (secondary N) is 1. The smallest absolute Gasteiger partial charge is 0.0200 e. The quantitative estimate of drug-likeness (QED) is 0.283. The van der Waals surface area contributed by atoms with Crippen molar-refractivity contribution in [3.05, 3.63) is 0 Å². The maximum absolute atomic E-state index is 2.77. The van der Waals surface area contributed by atoms with Crippen LogP contribution in [0.3, 0.4) is 0 Å². The van der Waals surface area contributed by atoms with Crippen molar-refractivity contribution >= 4 is 0 Å². The first-order valence-corrected chi connectivity index (χ1v) is 2.12. The van der Waals surface area contributed by atoms with Gasteiger partial charge >= 0.3 is 0 Å². The fourth-order valence-corrected chi connectivity index (χ4v) is 0.168. The summed E-state index contributed by atoms with van der Waals surface area (Å²) in [4.78, 5) is 0. The van der Waals surface area contributed by atoms with E-state index in [4.69, 9.17) is 0 Å². The number of hydrazine groups is 1. The van der Waals surface area contributed by atoms with Crippen molar-refractivity contribution in [2.45, 2.75) is 6.92 Å². The summed E-state index contributed by atoms with van der Waals surface area (Å²) in [5, 5.41) is 1.79. The normalized spacial score (nSPS) is 7.43. The van der Waals surface area contributed by atoms with Gasteiger partial charge in [-0.3, -0.25) is 5.43 Å². The molecule has 0 aliphatic rings. The van der Waals surface area contributed by atoms with Crippen LogP contribution in [0.4, 0.5) is 0 Å². The third-order valence-corrected chi connectivity index (χ3v) is 0.405. The van der Waals surface area contributed by atoms with Gasteiger partial charge in [-0.1, -0.05) is 5.92 Å². The average Bonchev–Trinajstić information content (AvgIpc) is 1.61. The van der Waals surface area contributed by atoms with E-state index in [0.29, 0.717) is 0 Å². The molecule has 0 radical (unpaired) electrons. The lowest BCUT2D eigenvalue weighted by atomic mass is 10.8. The van der Waals surface area contributed by atoms with Crippen LogP contribution in [0.2, 0.25) is 0 Å². The molecule has 0 aliphatic carbocycles. The van der Waals surface area contributed by atoms with Crippen LogP contribution in [0.15, 0.2) is 0 Å². The molecule has 2 heteroatoms. The third-order valence-electron chi connectivity index (χ3n) is 0.405. The van der Waals surface area contributed by atoms with Gasteiger partial charge in [0.15, 0.2) is 0 Å². The molecule has 0 saturated carbocycles. The second-order valence-corrected chi connectivity index (χ2v) is 1.38. The molecule has 0 unspecified atom stereocenters. The van der Waals surface area contributed by atoms with Crippen molar-refractivity contribution in [1.82, 2.24) is 10.4 Å². The van der Waals surface area contributed by atoms with E-state index in [1.807, 2.05) is 14.1 Å². The van der Waals surface area contributed by atoms with E-state index >= 15 is 0 Å². The topological polar surface area (TPSA) is 15.3 Å². The predicted octanol–water partition coefficient (Wildman–Crippen LogP) is 0.0334. The SMILES string of the molecule is CC#CNN(C)C. The average molecular weight is 98.1 g/mol. The molecule has 2 nitrogen and oxygen atoms in total. The van der Waals surface area contributed by atoms with E-state index in [1.165, 1.54) is 0 Å². The van der Waals surface area contributed by atoms with E-state index in [0.717, 1.165) is 0 Å². The van der Waals surface area contributed by atoms with Crippen LogP contribution in [0, 0.1) is 12.0 Å². The standard InChI is InChI=1S/C5H10N2/c1-4-5-6-7(2)3/h6H,1-3H3. The van der Waals surface area contributed by atoms with Gasteiger partial charge in [0.1, 0.15) is 0 Å². The summed E-state index contributed by atoms with van der Waals surface area (Å²) < 4.78 is 0. The highest BCUT2D eigenvalue weighted by Gasteiger charge is 1.72. The molecule has 40 valence electrons. The molecule has 0 aliphatic heterocycles. The Bertz CT molecular complexity index is 86.0. The lowest BCUT2D eigenvalue weighted by molar-refractivity contribution is 0.353. The summed E-state index contributed by atoms with van der Waals surface area (Å²) in [7, 11) is 3.79. The summed E-state index contributed by atoms with van der Waals surface area (Å²) in [6, 6.07) is 2.67. The molecule has 7 heavy (non-hydrogen) atoms. The second kappa shape index (κ2) is 3.51. The van der Waals surface area contributed by atoms with Crippen molar-refractivity contribution in [3.63, 3.8) is 0 Å². The largest absolute Gasteiger partial charge is 0.278 e. The highest BCUT2D eigenvalue weighted by molar-refractivity contribution is 4.90. The van der Waals surface area contributed by atoms with Crippen LogP contribution < -0.4 is 5.43 Å². The van der Waals surface area contributed by atoms with Gasteiger partial charge in [-0.2, -0.15) is 0 Å². The van der Waals surface area contributed by atoms with E-state index in [9.17, 15) is 0 Å². The summed E-state index contributed by atoms with van der Waals surface area (Å²) in [6.45, 7) is 1.79. The molecule has 0 fully saturated rings. The zero-order chi connectivity index (χ0) is 5.70. The molecule has 1 N–H and O–H groups in total. The highest BCUT2D eigenvalue weighted by Crippen LogP contribution is 1.55. The number of rotatable bonds is 1. The predicted molar refractivity (Wildman–Crippen MR) is 30.3 cm³/mol. The van der Waals surface area contributed by atoms with Crippen LogP contribution in [0.5, 0.6) is 0 Å². The molecule has 0 atom stereocenters. The van der Waals surface area contributed by atoms with Crippen molar-refractivity contribution in [2.24, 2.45) is 0 Å². The van der Waals surface area contributed by atoms with Crippen LogP contribution in [-0.2, 0) is 0 Å². The zero-order valence-electron chi connectivity index (χ0n) is 4.95. The Morgan fingerprint density at radius 3 is 2.14 bits per heavy atom. The van der Waals surface area contributed by atoms with E-state index in [2.05, 4.69) is 17.4 Å². The fourth-order valence-electron chi connectivity index (χ4n) is 0.168. The molecule has 0 saturated heterocycles. The summed E-state index contributed by atoms with van der Waals surface area (Å²) in [5.74, 6) is 2.70. The Balaban J connectivity index is 3.08. The van der Waals surface area contributed by atoms with Crippen molar-refractivity contribution in [1.29, 1.82) is 0 Å². The minimum atomic E-state index is 1.79. The van der Waals surface area contributed by atoms with Gasteiger partial charge in [0.05, 0.1) is 0 Å². The van der Waals surface area contributed by atoms with E-state index < -0.39 is 0 Å². The number of hydrogen-bond acceptors (Lipinski definition) is 2. The van der Waals surface area contributed by atoms with Gasteiger partial charge in [-0.15, -0.1) is 0 Å². The zero-order valence-corrected chi connectivity index (χ0v) is 4.95. The fraction of sp³-hybridized carbons (Fsp3) is 0.600. The van der Waals surface area contributed by atoms with Crippen LogP contribution in [0.1, 0.15) is 6.92 Å². The van der Waals surface area contributed by atoms with Gasteiger partial charge < -0.3 is 0 Å². The van der Waals surface area contributed by atoms with Gasteiger partial charge in [0.2, 0.25) is 0 Å². The first kappa shape index (κ1) is 6.32. The first-order valence-electron chi connectivity index (χ1n) is 2.12. The molecule has 0 aromatic rings. The Morgan fingerprint density at radius 1 is 1.43 bits per heavy atom. The van der Waals surface area contributed by atoms with Gasteiger partial charge in [0, 0.05) is 20.1 Å². The van der Waals surface area contributed by atoms with Crippen LogP contribution >= 0.6 is 0 Å². The third kappa shape index (κ3) is 5.32. The van der Waals surface area contributed by atoms with Crippen molar-refractivity contribution in [3.8, 4) is 12.0 Å². The van der Waals surface area contributed by atoms with Gasteiger partial charge in [-0.05, 0) is 6.92 Å². The molecular weight excluding hydrogens is 88.1 g/mol. The van der Waals surface area contributed by atoms with Gasteiger partial charge in [-0.25, -0.2) is 5.01 Å². The van der Waals surface area contributed by atoms with Crippen LogP contribution in [0.25, 0.3) is 0 Å². The molecule has 0 heterocycles. The first-order chi connectivity index (χ1) is 3.27. The Labute approximate surface area is 44.5 Å². The summed E-state index contributed by atoms with van der Waals surface area (Å²) in [6.07, 6.45) is 0. The summed E-state index contributed by atoms with van der Waals surface area (Å²) >= 11 is 0. The Morgan fingerprint density at radius 2 is 2.00 bits per heavy atom. The minimum Gasteiger partial charge on any atom is -0.278 e. The summed E-state index contributed by atoms with van der Waals surface area (Å²) in [5.41, 5.74) is 2.77. The molecule has 0 aromatic heterocycles. The van der Waals surface area contributed by atoms with E-state index in [1.54, 1.807) is 11.9 Å².